The Morgan fingerprint density at radius 3 is 2.74 bits per heavy atom. The van der Waals surface area contributed by atoms with E-state index in [-0.39, 0.29) is 6.10 Å². The van der Waals surface area contributed by atoms with Crippen LogP contribution >= 0.6 is 0 Å². The van der Waals surface area contributed by atoms with Gasteiger partial charge in [0.15, 0.2) is 0 Å². The maximum absolute atomic E-state index is 6.54. The van der Waals surface area contributed by atoms with E-state index < -0.39 is 0 Å². The first-order valence-corrected chi connectivity index (χ1v) is 13.0. The molecule has 0 bridgehead atoms. The zero-order chi connectivity index (χ0) is 23.2. The molecule has 2 aromatic rings. The number of methoxy groups -OCH3 is 1. The molecule has 1 N–H and O–H groups in total. The molecule has 6 heteroatoms. The third-order valence-electron chi connectivity index (χ3n) is 7.44. The quantitative estimate of drug-likeness (QED) is 0.561. The monoisotopic (exact) mass is 465 g/mol. The number of ether oxygens (including phenoxy) is 3. The molecule has 6 nitrogen and oxygen atoms in total. The fraction of sp³-hybridized carbons (Fsp3) is 0.571. The Labute approximate surface area is 204 Å². The third kappa shape index (κ3) is 5.51. The van der Waals surface area contributed by atoms with Gasteiger partial charge >= 0.3 is 0 Å². The van der Waals surface area contributed by atoms with E-state index in [1.807, 2.05) is 0 Å². The van der Waals surface area contributed by atoms with Gasteiger partial charge in [-0.3, -0.25) is 0 Å². The van der Waals surface area contributed by atoms with Crippen LogP contribution in [-0.2, 0) is 16.1 Å². The molecule has 0 aliphatic carbocycles. The highest BCUT2D eigenvalue weighted by Crippen LogP contribution is 2.34. The number of benzene rings is 2. The van der Waals surface area contributed by atoms with Crippen molar-refractivity contribution in [1.29, 1.82) is 0 Å². The Morgan fingerprint density at radius 2 is 1.91 bits per heavy atom. The van der Waals surface area contributed by atoms with Crippen LogP contribution < -0.4 is 19.9 Å². The van der Waals surface area contributed by atoms with Crippen molar-refractivity contribution in [3.63, 3.8) is 0 Å². The lowest BCUT2D eigenvalue weighted by molar-refractivity contribution is 0.0106. The number of hydrogen-bond donors (Lipinski definition) is 1. The SMILES string of the molecule is COCCCN1CCOc2ccc(COC3CNCCC3c3ccc(N4CCCC4)cc3)cc21. The molecule has 0 aromatic heterocycles. The van der Waals surface area contributed by atoms with Crippen molar-refractivity contribution in [2.45, 2.75) is 44.3 Å². The Kier molecular flexibility index (Phi) is 7.89. The van der Waals surface area contributed by atoms with Crippen LogP contribution in [0.5, 0.6) is 5.75 Å². The van der Waals surface area contributed by atoms with Crippen molar-refractivity contribution in [1.82, 2.24) is 5.32 Å². The molecule has 0 spiro atoms. The second-order valence-corrected chi connectivity index (χ2v) is 9.72. The van der Waals surface area contributed by atoms with Gasteiger partial charge in [0, 0.05) is 51.5 Å². The summed E-state index contributed by atoms with van der Waals surface area (Å²) < 4.78 is 17.7. The van der Waals surface area contributed by atoms with E-state index >= 15 is 0 Å². The van der Waals surface area contributed by atoms with Gasteiger partial charge in [-0.25, -0.2) is 0 Å². The predicted octanol–water partition coefficient (Wildman–Crippen LogP) is 4.18. The molecule has 2 fully saturated rings. The maximum Gasteiger partial charge on any atom is 0.142 e. The van der Waals surface area contributed by atoms with E-state index in [2.05, 4.69) is 57.6 Å². The van der Waals surface area contributed by atoms with Crippen molar-refractivity contribution in [3.05, 3.63) is 53.6 Å². The van der Waals surface area contributed by atoms with Gasteiger partial charge in [0.1, 0.15) is 12.4 Å². The molecule has 5 rings (SSSR count). The second-order valence-electron chi connectivity index (χ2n) is 9.72. The van der Waals surface area contributed by atoms with Gasteiger partial charge in [-0.1, -0.05) is 18.2 Å². The van der Waals surface area contributed by atoms with Crippen molar-refractivity contribution in [2.24, 2.45) is 0 Å². The number of nitrogens with zero attached hydrogens (tertiary/aromatic N) is 2. The second kappa shape index (κ2) is 11.4. The van der Waals surface area contributed by atoms with E-state index in [1.165, 1.54) is 48.4 Å². The van der Waals surface area contributed by atoms with Crippen LogP contribution in [0.2, 0.25) is 0 Å². The minimum absolute atomic E-state index is 0.177. The van der Waals surface area contributed by atoms with Crippen LogP contribution in [0, 0.1) is 0 Å². The van der Waals surface area contributed by atoms with E-state index in [1.54, 1.807) is 7.11 Å². The summed E-state index contributed by atoms with van der Waals surface area (Å²) in [7, 11) is 1.76. The summed E-state index contributed by atoms with van der Waals surface area (Å²) in [5.74, 6) is 1.41. The lowest BCUT2D eigenvalue weighted by Gasteiger charge is -2.33. The number of anilines is 2. The average Bonchev–Trinajstić information content (AvgIpc) is 3.43. The van der Waals surface area contributed by atoms with Crippen LogP contribution in [0.15, 0.2) is 42.5 Å². The van der Waals surface area contributed by atoms with Gasteiger partial charge in [-0.2, -0.15) is 0 Å². The Balaban J connectivity index is 1.23. The van der Waals surface area contributed by atoms with Crippen molar-refractivity contribution < 1.29 is 14.2 Å². The molecule has 2 unspecified atom stereocenters. The smallest absolute Gasteiger partial charge is 0.142 e. The van der Waals surface area contributed by atoms with Crippen LogP contribution in [0.1, 0.15) is 42.7 Å². The number of fused-ring (bicyclic) bond motifs is 1. The lowest BCUT2D eigenvalue weighted by atomic mass is 9.87. The normalized spacial score (nSPS) is 22.5. The summed E-state index contributed by atoms with van der Waals surface area (Å²) in [6.07, 6.45) is 4.93. The molecule has 0 saturated carbocycles. The molecule has 184 valence electrons. The lowest BCUT2D eigenvalue weighted by Crippen LogP contribution is -2.41. The zero-order valence-corrected chi connectivity index (χ0v) is 20.5. The van der Waals surface area contributed by atoms with Crippen molar-refractivity contribution in [3.8, 4) is 5.75 Å². The van der Waals surface area contributed by atoms with Crippen LogP contribution in [0.3, 0.4) is 0 Å². The topological polar surface area (TPSA) is 46.2 Å². The summed E-state index contributed by atoms with van der Waals surface area (Å²) in [4.78, 5) is 4.91. The molecule has 3 heterocycles. The van der Waals surface area contributed by atoms with E-state index in [0.29, 0.717) is 12.5 Å². The van der Waals surface area contributed by atoms with Crippen LogP contribution in [-0.4, -0.2) is 65.7 Å². The first-order valence-electron chi connectivity index (χ1n) is 13.0. The summed E-state index contributed by atoms with van der Waals surface area (Å²) in [6, 6.07) is 15.8. The Hall–Kier alpha value is -2.28. The molecular formula is C28H39N3O3. The summed E-state index contributed by atoms with van der Waals surface area (Å²) in [6.45, 7) is 8.36. The largest absolute Gasteiger partial charge is 0.490 e. The zero-order valence-electron chi connectivity index (χ0n) is 20.5. The molecule has 2 aromatic carbocycles. The third-order valence-corrected chi connectivity index (χ3v) is 7.44. The van der Waals surface area contributed by atoms with Gasteiger partial charge < -0.3 is 29.3 Å². The van der Waals surface area contributed by atoms with Crippen LogP contribution in [0.25, 0.3) is 0 Å². The minimum atomic E-state index is 0.177. The first-order chi connectivity index (χ1) is 16.8. The van der Waals surface area contributed by atoms with E-state index in [4.69, 9.17) is 14.2 Å². The predicted molar refractivity (Wildman–Crippen MR) is 137 cm³/mol. The number of rotatable bonds is 9. The van der Waals surface area contributed by atoms with Gasteiger partial charge in [0.25, 0.3) is 0 Å². The molecule has 3 aliphatic rings. The van der Waals surface area contributed by atoms with Gasteiger partial charge in [0.2, 0.25) is 0 Å². The highest BCUT2D eigenvalue weighted by Gasteiger charge is 2.28. The van der Waals surface area contributed by atoms with Crippen molar-refractivity contribution in [2.75, 3.05) is 69.4 Å². The average molecular weight is 466 g/mol. The van der Waals surface area contributed by atoms with Crippen LogP contribution in [0.4, 0.5) is 11.4 Å². The molecule has 2 saturated heterocycles. The molecule has 0 radical (unpaired) electrons. The fourth-order valence-corrected chi connectivity index (χ4v) is 5.54. The Bertz CT molecular complexity index is 914. The van der Waals surface area contributed by atoms with E-state index in [9.17, 15) is 0 Å². The fourth-order valence-electron chi connectivity index (χ4n) is 5.54. The number of nitrogens with one attached hydrogen (secondary N) is 1. The highest BCUT2D eigenvalue weighted by atomic mass is 16.5. The molecule has 3 aliphatic heterocycles. The van der Waals surface area contributed by atoms with E-state index in [0.717, 1.165) is 58.0 Å². The summed E-state index contributed by atoms with van der Waals surface area (Å²) >= 11 is 0. The minimum Gasteiger partial charge on any atom is -0.490 e. The molecular weight excluding hydrogens is 426 g/mol. The van der Waals surface area contributed by atoms with Gasteiger partial charge in [-0.05, 0) is 67.6 Å². The number of piperidine rings is 1. The van der Waals surface area contributed by atoms with Gasteiger partial charge in [0.05, 0.1) is 24.9 Å². The molecule has 2 atom stereocenters. The summed E-state index contributed by atoms with van der Waals surface area (Å²) in [5.41, 5.74) is 5.14. The highest BCUT2D eigenvalue weighted by molar-refractivity contribution is 5.61. The first kappa shape index (κ1) is 23.5. The Morgan fingerprint density at radius 1 is 1.06 bits per heavy atom. The number of hydrogen-bond acceptors (Lipinski definition) is 6. The van der Waals surface area contributed by atoms with Gasteiger partial charge in [-0.15, -0.1) is 0 Å². The summed E-state index contributed by atoms with van der Waals surface area (Å²) in [5, 5.41) is 3.54. The molecule has 0 amide bonds. The maximum atomic E-state index is 6.54. The molecule has 34 heavy (non-hydrogen) atoms. The van der Waals surface area contributed by atoms with Crippen molar-refractivity contribution >= 4 is 11.4 Å². The standard InChI is InChI=1S/C28H39N3O3/c1-32-17-4-15-31-16-18-33-27-10-5-22(19-26(27)31)21-34-28-20-29-12-11-25(28)23-6-8-24(9-7-23)30-13-2-3-14-30/h5-10,19,25,28-29H,2-4,11-18,20-21H2,1H3.